The van der Waals surface area contributed by atoms with E-state index in [0.717, 1.165) is 67.3 Å². The van der Waals surface area contributed by atoms with E-state index in [2.05, 4.69) is 40.8 Å². The van der Waals surface area contributed by atoms with Crippen LogP contribution in [0.25, 0.3) is 10.9 Å². The summed E-state index contributed by atoms with van der Waals surface area (Å²) in [6.45, 7) is 18.7. The van der Waals surface area contributed by atoms with E-state index in [1.807, 2.05) is 39.8 Å². The van der Waals surface area contributed by atoms with Crippen molar-refractivity contribution < 1.29 is 12.6 Å². The molecular formula is C34H46N4O3S. The molecule has 0 radical (unpaired) electrons. The number of benzene rings is 2. The SMILES string of the molecule is Cc1nc(OS(=O)(=O)c2c(C(C)C)cc(C(C)C)cc2C(C)C)c2cc3c(cc2n1)CCC3N1CCN(C2CC2)CC1. The Morgan fingerprint density at radius 2 is 1.43 bits per heavy atom. The lowest BCUT2D eigenvalue weighted by Crippen LogP contribution is -2.47. The van der Waals surface area contributed by atoms with Gasteiger partial charge in [-0.3, -0.25) is 9.80 Å². The molecule has 1 aliphatic heterocycles. The number of aryl methyl sites for hydroxylation is 2. The number of hydrogen-bond acceptors (Lipinski definition) is 7. The van der Waals surface area contributed by atoms with Crippen molar-refractivity contribution in [3.8, 4) is 5.88 Å². The topological polar surface area (TPSA) is 75.6 Å². The van der Waals surface area contributed by atoms with Crippen LogP contribution in [0.2, 0.25) is 0 Å². The van der Waals surface area contributed by atoms with Crippen molar-refractivity contribution in [2.24, 2.45) is 0 Å². The third kappa shape index (κ3) is 5.58. The molecule has 1 atom stereocenters. The van der Waals surface area contributed by atoms with Crippen molar-refractivity contribution in [1.82, 2.24) is 19.8 Å². The summed E-state index contributed by atoms with van der Waals surface area (Å²) in [6.07, 6.45) is 4.78. The third-order valence-corrected chi connectivity index (χ3v) is 10.8. The second-order valence-electron chi connectivity index (χ2n) is 13.5. The quantitative estimate of drug-likeness (QED) is 0.266. The molecular weight excluding hydrogens is 544 g/mol. The van der Waals surface area contributed by atoms with Gasteiger partial charge >= 0.3 is 10.1 Å². The standard InChI is InChI=1S/C34H46N4O3S/c1-20(2)25-16-27(21(3)4)33(28(17-25)22(5)6)42(39,40)41-34-30-19-29-24(18-31(30)35-23(7)36-34)8-11-32(29)38-14-12-37(13-15-38)26-9-10-26/h16-22,26,32H,8-15H2,1-7H3. The van der Waals surface area contributed by atoms with Gasteiger partial charge in [0.15, 0.2) is 0 Å². The molecule has 2 aromatic carbocycles. The molecule has 3 aromatic rings. The van der Waals surface area contributed by atoms with Crippen LogP contribution in [0.15, 0.2) is 29.2 Å². The average Bonchev–Trinajstić information content (AvgIpc) is 3.71. The molecule has 1 saturated heterocycles. The lowest BCUT2D eigenvalue weighted by molar-refractivity contribution is 0.0915. The molecule has 3 aliphatic rings. The fourth-order valence-electron chi connectivity index (χ4n) is 6.91. The van der Waals surface area contributed by atoms with Gasteiger partial charge in [-0.1, -0.05) is 53.7 Å². The van der Waals surface area contributed by atoms with E-state index >= 15 is 0 Å². The molecule has 6 rings (SSSR count). The largest absolute Gasteiger partial charge is 0.357 e. The van der Waals surface area contributed by atoms with Gasteiger partial charge in [0.05, 0.1) is 10.9 Å². The highest BCUT2D eigenvalue weighted by Gasteiger charge is 2.36. The van der Waals surface area contributed by atoms with Crippen molar-refractivity contribution in [1.29, 1.82) is 0 Å². The minimum absolute atomic E-state index is 0.0165. The maximum absolute atomic E-state index is 14.2. The number of hydrogen-bond donors (Lipinski definition) is 0. The number of nitrogens with zero attached hydrogens (tertiary/aromatic N) is 4. The van der Waals surface area contributed by atoms with Crippen molar-refractivity contribution in [2.45, 2.75) is 109 Å². The summed E-state index contributed by atoms with van der Waals surface area (Å²) >= 11 is 0. The predicted octanol–water partition coefficient (Wildman–Crippen LogP) is 6.84. The van der Waals surface area contributed by atoms with Gasteiger partial charge in [0, 0.05) is 38.3 Å². The van der Waals surface area contributed by atoms with Crippen molar-refractivity contribution in [3.05, 3.63) is 57.9 Å². The minimum atomic E-state index is -4.18. The Kier molecular flexibility index (Phi) is 7.86. The molecule has 0 bridgehead atoms. The van der Waals surface area contributed by atoms with Crippen LogP contribution in [-0.2, 0) is 16.5 Å². The summed E-state index contributed by atoms with van der Waals surface area (Å²) in [5, 5.41) is 0.669. The molecule has 42 heavy (non-hydrogen) atoms. The second kappa shape index (κ2) is 11.2. The highest BCUT2D eigenvalue weighted by Crippen LogP contribution is 2.42. The second-order valence-corrected chi connectivity index (χ2v) is 15.0. The van der Waals surface area contributed by atoms with E-state index in [4.69, 9.17) is 9.17 Å². The summed E-state index contributed by atoms with van der Waals surface area (Å²) in [7, 11) is -4.18. The van der Waals surface area contributed by atoms with Gasteiger partial charge in [0.1, 0.15) is 10.7 Å². The van der Waals surface area contributed by atoms with E-state index < -0.39 is 10.1 Å². The molecule has 2 heterocycles. The highest BCUT2D eigenvalue weighted by atomic mass is 32.2. The first-order valence-electron chi connectivity index (χ1n) is 15.8. The lowest BCUT2D eigenvalue weighted by atomic mass is 9.89. The Hall–Kier alpha value is -2.55. The van der Waals surface area contributed by atoms with Gasteiger partial charge in [0.2, 0.25) is 5.88 Å². The van der Waals surface area contributed by atoms with Gasteiger partial charge < -0.3 is 4.18 Å². The molecule has 7 nitrogen and oxygen atoms in total. The Balaban J connectivity index is 1.39. The van der Waals surface area contributed by atoms with Gasteiger partial charge in [-0.25, -0.2) is 4.98 Å². The van der Waals surface area contributed by atoms with Crippen molar-refractivity contribution in [2.75, 3.05) is 26.2 Å². The first-order valence-corrected chi connectivity index (χ1v) is 17.2. The molecule has 8 heteroatoms. The Morgan fingerprint density at radius 3 is 2.00 bits per heavy atom. The highest BCUT2D eigenvalue weighted by molar-refractivity contribution is 7.87. The maximum Gasteiger partial charge on any atom is 0.341 e. The van der Waals surface area contributed by atoms with E-state index in [1.54, 1.807) is 6.92 Å². The zero-order chi connectivity index (χ0) is 29.9. The molecule has 0 spiro atoms. The number of piperazine rings is 1. The third-order valence-electron chi connectivity index (χ3n) is 9.45. The molecule has 2 aliphatic carbocycles. The van der Waals surface area contributed by atoms with Gasteiger partial charge in [0.25, 0.3) is 0 Å². The van der Waals surface area contributed by atoms with Crippen molar-refractivity contribution >= 4 is 21.0 Å². The molecule has 226 valence electrons. The zero-order valence-corrected chi connectivity index (χ0v) is 27.1. The van der Waals surface area contributed by atoms with Gasteiger partial charge in [-0.05, 0) is 90.3 Å². The van der Waals surface area contributed by atoms with Crippen LogP contribution >= 0.6 is 0 Å². The summed E-state index contributed by atoms with van der Waals surface area (Å²) in [6, 6.07) is 9.48. The van der Waals surface area contributed by atoms with Crippen LogP contribution in [0, 0.1) is 6.92 Å². The van der Waals surface area contributed by atoms with E-state index in [0.29, 0.717) is 17.3 Å². The fraction of sp³-hybridized carbons (Fsp3) is 0.588. The Bertz CT molecular complexity index is 1570. The lowest BCUT2D eigenvalue weighted by Gasteiger charge is -2.38. The molecule has 0 amide bonds. The smallest absolute Gasteiger partial charge is 0.341 e. The zero-order valence-electron chi connectivity index (χ0n) is 26.3. The van der Waals surface area contributed by atoms with E-state index in [9.17, 15) is 8.42 Å². The van der Waals surface area contributed by atoms with Crippen molar-refractivity contribution in [3.63, 3.8) is 0 Å². The number of aromatic nitrogens is 2. The molecule has 1 saturated carbocycles. The van der Waals surface area contributed by atoms with E-state index in [1.165, 1.54) is 24.0 Å². The van der Waals surface area contributed by atoms with Crippen LogP contribution < -0.4 is 4.18 Å². The van der Waals surface area contributed by atoms with Crippen LogP contribution in [0.3, 0.4) is 0 Å². The summed E-state index contributed by atoms with van der Waals surface area (Å²) in [4.78, 5) is 14.8. The monoisotopic (exact) mass is 590 g/mol. The van der Waals surface area contributed by atoms with Crippen LogP contribution in [-0.4, -0.2) is 60.4 Å². The average molecular weight is 591 g/mol. The van der Waals surface area contributed by atoms with E-state index in [-0.39, 0.29) is 28.5 Å². The first kappa shape index (κ1) is 29.5. The molecule has 1 aromatic heterocycles. The Labute approximate surface area is 251 Å². The summed E-state index contributed by atoms with van der Waals surface area (Å²) < 4.78 is 34.5. The number of fused-ring (bicyclic) bond motifs is 2. The number of rotatable bonds is 8. The normalized spacial score (nSPS) is 20.3. The van der Waals surface area contributed by atoms with Crippen LogP contribution in [0.5, 0.6) is 5.88 Å². The molecule has 2 fully saturated rings. The van der Waals surface area contributed by atoms with Gasteiger partial charge in [-0.15, -0.1) is 0 Å². The predicted molar refractivity (Wildman–Crippen MR) is 168 cm³/mol. The maximum atomic E-state index is 14.2. The molecule has 1 unspecified atom stereocenters. The summed E-state index contributed by atoms with van der Waals surface area (Å²) in [5.74, 6) is 0.951. The minimum Gasteiger partial charge on any atom is -0.357 e. The van der Waals surface area contributed by atoms with Crippen LogP contribution in [0.4, 0.5) is 0 Å². The Morgan fingerprint density at radius 1 is 0.810 bits per heavy atom. The molecule has 0 N–H and O–H groups in total. The van der Waals surface area contributed by atoms with Gasteiger partial charge in [-0.2, -0.15) is 13.4 Å². The van der Waals surface area contributed by atoms with Crippen LogP contribution in [0.1, 0.15) is 118 Å². The first-order chi connectivity index (χ1) is 19.9. The summed E-state index contributed by atoms with van der Waals surface area (Å²) in [5.41, 5.74) is 6.05. The fourth-order valence-corrected chi connectivity index (χ4v) is 8.50.